The first kappa shape index (κ1) is 20.6. The number of ketones is 1. The highest BCUT2D eigenvalue weighted by molar-refractivity contribution is 6.05. The minimum atomic E-state index is -0.407. The summed E-state index contributed by atoms with van der Waals surface area (Å²) in [5.74, 6) is 0.672. The minimum absolute atomic E-state index is 0.0516. The van der Waals surface area contributed by atoms with Crippen LogP contribution in [0.25, 0.3) is 0 Å². The fourth-order valence-corrected chi connectivity index (χ4v) is 4.05. The predicted molar refractivity (Wildman–Crippen MR) is 108 cm³/mol. The quantitative estimate of drug-likeness (QED) is 0.721. The Morgan fingerprint density at radius 3 is 2.43 bits per heavy atom. The van der Waals surface area contributed by atoms with Gasteiger partial charge >= 0.3 is 0 Å². The molecule has 2 fully saturated rings. The summed E-state index contributed by atoms with van der Waals surface area (Å²) in [7, 11) is 0. The van der Waals surface area contributed by atoms with Crippen LogP contribution < -0.4 is 14.8 Å². The number of nitrogens with zero attached hydrogens (tertiary/aromatic N) is 2. The number of piperazine rings is 1. The number of hydrogen-bond donors (Lipinski definition) is 1. The van der Waals surface area contributed by atoms with Gasteiger partial charge in [0.25, 0.3) is 5.91 Å². The summed E-state index contributed by atoms with van der Waals surface area (Å²) in [5.41, 5.74) is 0.794. The van der Waals surface area contributed by atoms with Crippen LogP contribution in [0.3, 0.4) is 0 Å². The van der Waals surface area contributed by atoms with E-state index in [9.17, 15) is 14.4 Å². The van der Waals surface area contributed by atoms with Gasteiger partial charge in [-0.15, -0.1) is 0 Å². The lowest BCUT2D eigenvalue weighted by Gasteiger charge is -2.38. The first-order valence-electron chi connectivity index (χ1n) is 10.3. The summed E-state index contributed by atoms with van der Waals surface area (Å²) in [6, 6.07) is 2.82. The van der Waals surface area contributed by atoms with Gasteiger partial charge in [0.05, 0.1) is 11.7 Å². The van der Waals surface area contributed by atoms with Gasteiger partial charge in [-0.3, -0.25) is 19.3 Å². The molecule has 30 heavy (non-hydrogen) atoms. The molecular formula is C21H27N3O6. The number of hydrogen-bond acceptors (Lipinski definition) is 7. The second-order valence-corrected chi connectivity index (χ2v) is 7.84. The molecule has 0 saturated carbocycles. The van der Waals surface area contributed by atoms with Crippen molar-refractivity contribution in [3.63, 3.8) is 0 Å². The standard InChI is InChI=1S/C21H27N3O6/c1-13(23-5-7-24(8-6-23)21(27)17-4-3-9-28-17)20(26)22-16-11-19-18(29-12-30-19)10-15(16)14(2)25/h10-11,13,17H,3-9,12H2,1-2H3,(H,22,26). The van der Waals surface area contributed by atoms with Gasteiger partial charge in [0, 0.05) is 44.4 Å². The molecule has 9 nitrogen and oxygen atoms in total. The predicted octanol–water partition coefficient (Wildman–Crippen LogP) is 1.27. The average Bonchev–Trinajstić information content (AvgIpc) is 3.43. The fraction of sp³-hybridized carbons (Fsp3) is 0.571. The van der Waals surface area contributed by atoms with Crippen LogP contribution in [0.5, 0.6) is 11.5 Å². The van der Waals surface area contributed by atoms with Crippen molar-refractivity contribution in [2.24, 2.45) is 0 Å². The molecule has 3 aliphatic heterocycles. The van der Waals surface area contributed by atoms with E-state index in [4.69, 9.17) is 14.2 Å². The normalized spacial score (nSPS) is 22.1. The second-order valence-electron chi connectivity index (χ2n) is 7.84. The molecule has 4 rings (SSSR count). The molecule has 0 bridgehead atoms. The Labute approximate surface area is 175 Å². The number of carbonyl (C=O) groups is 3. The maximum Gasteiger partial charge on any atom is 0.251 e. The minimum Gasteiger partial charge on any atom is -0.454 e. The molecule has 0 spiro atoms. The lowest BCUT2D eigenvalue weighted by molar-refractivity contribution is -0.143. The van der Waals surface area contributed by atoms with E-state index >= 15 is 0 Å². The fourth-order valence-electron chi connectivity index (χ4n) is 4.05. The first-order chi connectivity index (χ1) is 14.4. The van der Waals surface area contributed by atoms with Gasteiger partial charge in [0.1, 0.15) is 6.10 Å². The molecule has 1 N–H and O–H groups in total. The van der Waals surface area contributed by atoms with Gasteiger partial charge in [-0.2, -0.15) is 0 Å². The van der Waals surface area contributed by atoms with Crippen molar-refractivity contribution >= 4 is 23.3 Å². The molecule has 3 aliphatic rings. The molecule has 2 atom stereocenters. The highest BCUT2D eigenvalue weighted by Crippen LogP contribution is 2.37. The Balaban J connectivity index is 1.37. The summed E-state index contributed by atoms with van der Waals surface area (Å²) >= 11 is 0. The number of anilines is 1. The van der Waals surface area contributed by atoms with Gasteiger partial charge in [0.2, 0.25) is 12.7 Å². The average molecular weight is 417 g/mol. The summed E-state index contributed by atoms with van der Waals surface area (Å²) in [4.78, 5) is 41.3. The summed E-state index contributed by atoms with van der Waals surface area (Å²) in [6.07, 6.45) is 1.40. The SMILES string of the molecule is CC(=O)c1cc2c(cc1NC(=O)C(C)N1CCN(C(=O)C3CCCO3)CC1)OCO2. The van der Waals surface area contributed by atoms with Crippen LogP contribution in [-0.2, 0) is 14.3 Å². The molecule has 9 heteroatoms. The van der Waals surface area contributed by atoms with Gasteiger partial charge in [-0.1, -0.05) is 0 Å². The van der Waals surface area contributed by atoms with Crippen LogP contribution in [0.1, 0.15) is 37.0 Å². The maximum absolute atomic E-state index is 12.9. The number of benzene rings is 1. The lowest BCUT2D eigenvalue weighted by Crippen LogP contribution is -2.55. The maximum atomic E-state index is 12.9. The van der Waals surface area contributed by atoms with E-state index in [2.05, 4.69) is 5.32 Å². The van der Waals surface area contributed by atoms with Crippen LogP contribution in [0.2, 0.25) is 0 Å². The Morgan fingerprint density at radius 2 is 1.80 bits per heavy atom. The van der Waals surface area contributed by atoms with E-state index in [-0.39, 0.29) is 30.5 Å². The topological polar surface area (TPSA) is 97.4 Å². The Kier molecular flexibility index (Phi) is 5.92. The van der Waals surface area contributed by atoms with Crippen LogP contribution in [0.4, 0.5) is 5.69 Å². The zero-order valence-corrected chi connectivity index (χ0v) is 17.3. The summed E-state index contributed by atoms with van der Waals surface area (Å²) in [5, 5.41) is 2.86. The smallest absolute Gasteiger partial charge is 0.251 e. The summed E-state index contributed by atoms with van der Waals surface area (Å²) in [6.45, 7) is 6.36. The van der Waals surface area contributed by atoms with Gasteiger partial charge < -0.3 is 24.4 Å². The van der Waals surface area contributed by atoms with Crippen LogP contribution in [-0.4, -0.2) is 79.1 Å². The number of Topliss-reactive ketones (excluding diaryl/α,β-unsaturated/α-hetero) is 1. The molecule has 2 unspecified atom stereocenters. The Bertz CT molecular complexity index is 843. The van der Waals surface area contributed by atoms with E-state index in [1.807, 2.05) is 16.7 Å². The van der Waals surface area contributed by atoms with E-state index in [1.165, 1.54) is 6.92 Å². The monoisotopic (exact) mass is 417 g/mol. The van der Waals surface area contributed by atoms with Crippen LogP contribution in [0.15, 0.2) is 12.1 Å². The van der Waals surface area contributed by atoms with E-state index in [0.717, 1.165) is 12.8 Å². The molecule has 1 aromatic carbocycles. The third kappa shape index (κ3) is 4.13. The molecule has 0 aromatic heterocycles. The number of rotatable bonds is 5. The van der Waals surface area contributed by atoms with Crippen molar-refractivity contribution in [3.05, 3.63) is 17.7 Å². The van der Waals surface area contributed by atoms with Crippen LogP contribution >= 0.6 is 0 Å². The Morgan fingerprint density at radius 1 is 1.10 bits per heavy atom. The number of nitrogens with one attached hydrogen (secondary N) is 1. The van der Waals surface area contributed by atoms with Gasteiger partial charge in [-0.05, 0) is 32.8 Å². The van der Waals surface area contributed by atoms with Crippen molar-refractivity contribution in [2.75, 3.05) is 44.9 Å². The molecule has 2 saturated heterocycles. The van der Waals surface area contributed by atoms with Gasteiger partial charge in [-0.25, -0.2) is 0 Å². The van der Waals surface area contributed by atoms with Crippen molar-refractivity contribution in [3.8, 4) is 11.5 Å². The van der Waals surface area contributed by atoms with E-state index in [1.54, 1.807) is 12.1 Å². The van der Waals surface area contributed by atoms with Crippen LogP contribution in [0, 0.1) is 0 Å². The number of carbonyl (C=O) groups excluding carboxylic acids is 3. The molecule has 1 aromatic rings. The first-order valence-corrected chi connectivity index (χ1v) is 10.3. The highest BCUT2D eigenvalue weighted by atomic mass is 16.7. The molecule has 2 amide bonds. The third-order valence-electron chi connectivity index (χ3n) is 5.91. The van der Waals surface area contributed by atoms with E-state index in [0.29, 0.717) is 55.5 Å². The van der Waals surface area contributed by atoms with E-state index < -0.39 is 6.04 Å². The van der Waals surface area contributed by atoms with Crippen molar-refractivity contribution in [1.82, 2.24) is 9.80 Å². The number of amides is 2. The zero-order valence-electron chi connectivity index (χ0n) is 17.3. The molecule has 0 aliphatic carbocycles. The molecular weight excluding hydrogens is 390 g/mol. The van der Waals surface area contributed by atoms with Crippen molar-refractivity contribution in [2.45, 2.75) is 38.8 Å². The van der Waals surface area contributed by atoms with Crippen molar-refractivity contribution in [1.29, 1.82) is 0 Å². The van der Waals surface area contributed by atoms with Gasteiger partial charge in [0.15, 0.2) is 17.3 Å². The number of fused-ring (bicyclic) bond motifs is 1. The lowest BCUT2D eigenvalue weighted by atomic mass is 10.1. The largest absolute Gasteiger partial charge is 0.454 e. The molecule has 3 heterocycles. The summed E-state index contributed by atoms with van der Waals surface area (Å²) < 4.78 is 16.2. The molecule has 0 radical (unpaired) electrons. The number of ether oxygens (including phenoxy) is 3. The third-order valence-corrected chi connectivity index (χ3v) is 5.91. The second kappa shape index (κ2) is 8.61. The zero-order chi connectivity index (χ0) is 21.3. The molecule has 162 valence electrons. The van der Waals surface area contributed by atoms with Crippen molar-refractivity contribution < 1.29 is 28.6 Å². The highest BCUT2D eigenvalue weighted by Gasteiger charge is 2.33. The Hall–Kier alpha value is -2.65.